The molecule has 0 radical (unpaired) electrons. The summed E-state index contributed by atoms with van der Waals surface area (Å²) in [5, 5.41) is -0.721. The van der Waals surface area contributed by atoms with Crippen LogP contribution in [0.3, 0.4) is 0 Å². The van der Waals surface area contributed by atoms with Gasteiger partial charge in [0, 0.05) is 5.56 Å². The molecular formula is C12H11ClO4S2. The first kappa shape index (κ1) is 14.4. The highest BCUT2D eigenvalue weighted by atomic mass is 35.5. The predicted molar refractivity (Wildman–Crippen MR) is 74.5 cm³/mol. The van der Waals surface area contributed by atoms with Crippen LogP contribution in [0.5, 0.6) is 0 Å². The smallest absolute Gasteiger partial charge is 0.252 e. The number of hydrogen-bond acceptors (Lipinski definition) is 4. The van der Waals surface area contributed by atoms with E-state index in [2.05, 4.69) is 0 Å². The third-order valence-electron chi connectivity index (χ3n) is 3.22. The van der Waals surface area contributed by atoms with Gasteiger partial charge in [0.2, 0.25) is 9.84 Å². The summed E-state index contributed by atoms with van der Waals surface area (Å²) in [5.74, 6) is 0.570. The van der Waals surface area contributed by atoms with Crippen LogP contribution in [0.25, 0.3) is 0 Å². The number of carbonyl (C=O) groups is 1. The zero-order chi connectivity index (χ0) is 14.2. The molecule has 0 saturated heterocycles. The third kappa shape index (κ3) is 2.96. The van der Waals surface area contributed by atoms with Crippen LogP contribution in [0, 0.1) is 5.92 Å². The second kappa shape index (κ2) is 5.19. The molecule has 1 aliphatic carbocycles. The van der Waals surface area contributed by atoms with E-state index in [1.54, 1.807) is 6.07 Å². The standard InChI is InChI=1S/C12H11ClO4S2/c1-7-4-10(7)9-3-2-8(12(13)14)5-11(9)19(16,17)6-18-15/h2-3,5-7,10H,4H2,1H3. The summed E-state index contributed by atoms with van der Waals surface area (Å²) in [6.45, 7) is 2.02. The molecule has 2 rings (SSSR count). The Hall–Kier alpha value is -0.980. The van der Waals surface area contributed by atoms with Crippen molar-refractivity contribution in [3.05, 3.63) is 29.3 Å². The summed E-state index contributed by atoms with van der Waals surface area (Å²) in [7, 11) is -3.81. The normalized spacial score (nSPS) is 21.8. The highest BCUT2D eigenvalue weighted by Crippen LogP contribution is 2.49. The van der Waals surface area contributed by atoms with Crippen LogP contribution in [-0.4, -0.2) is 22.6 Å². The number of benzene rings is 1. The van der Waals surface area contributed by atoms with Gasteiger partial charge in [0.25, 0.3) is 5.24 Å². The molecule has 2 atom stereocenters. The molecule has 19 heavy (non-hydrogen) atoms. The molecule has 2 unspecified atom stereocenters. The van der Waals surface area contributed by atoms with Crippen molar-refractivity contribution in [3.8, 4) is 0 Å². The minimum atomic E-state index is -3.81. The fourth-order valence-corrected chi connectivity index (χ4v) is 3.85. The van der Waals surface area contributed by atoms with E-state index in [1.807, 2.05) is 6.92 Å². The maximum atomic E-state index is 12.0. The Morgan fingerprint density at radius 2 is 2.11 bits per heavy atom. The highest BCUT2D eigenvalue weighted by molar-refractivity contribution is 8.12. The van der Waals surface area contributed by atoms with Crippen LogP contribution in [-0.2, 0) is 21.1 Å². The maximum Gasteiger partial charge on any atom is 0.252 e. The van der Waals surface area contributed by atoms with Crippen molar-refractivity contribution in [1.29, 1.82) is 0 Å². The Bertz CT molecular complexity index is 690. The van der Waals surface area contributed by atoms with Crippen molar-refractivity contribution in [3.63, 3.8) is 0 Å². The lowest BCUT2D eigenvalue weighted by molar-refractivity contribution is 0.108. The summed E-state index contributed by atoms with van der Waals surface area (Å²) in [6.07, 6.45) is 0.904. The Kier molecular flexibility index (Phi) is 3.94. The van der Waals surface area contributed by atoms with E-state index in [4.69, 9.17) is 11.6 Å². The lowest BCUT2D eigenvalue weighted by atomic mass is 10.1. The van der Waals surface area contributed by atoms with E-state index in [0.717, 1.165) is 6.42 Å². The van der Waals surface area contributed by atoms with Crippen molar-refractivity contribution in [2.24, 2.45) is 5.92 Å². The molecule has 1 fully saturated rings. The number of sulfone groups is 1. The van der Waals surface area contributed by atoms with E-state index in [1.165, 1.54) is 12.1 Å². The summed E-state index contributed by atoms with van der Waals surface area (Å²) < 4.78 is 35.2. The first-order valence-electron chi connectivity index (χ1n) is 5.57. The minimum Gasteiger partial charge on any atom is -0.276 e. The molecule has 1 aliphatic rings. The molecule has 0 spiro atoms. The molecular weight excluding hydrogens is 308 g/mol. The molecule has 0 aliphatic heterocycles. The van der Waals surface area contributed by atoms with E-state index < -0.39 is 15.1 Å². The predicted octanol–water partition coefficient (Wildman–Crippen LogP) is 1.94. The molecule has 0 bridgehead atoms. The molecule has 0 heterocycles. The van der Waals surface area contributed by atoms with Gasteiger partial charge in [0.1, 0.15) is 16.0 Å². The van der Waals surface area contributed by atoms with Gasteiger partial charge in [0.05, 0.1) is 4.90 Å². The number of hydrogen-bond donors (Lipinski definition) is 0. The molecule has 102 valence electrons. The van der Waals surface area contributed by atoms with Crippen LogP contribution >= 0.6 is 11.6 Å². The van der Waals surface area contributed by atoms with Gasteiger partial charge in [-0.1, -0.05) is 13.0 Å². The number of rotatable bonds is 4. The lowest BCUT2D eigenvalue weighted by Crippen LogP contribution is -2.07. The highest BCUT2D eigenvalue weighted by Gasteiger charge is 2.37. The van der Waals surface area contributed by atoms with Crippen molar-refractivity contribution < 1.29 is 17.4 Å². The summed E-state index contributed by atoms with van der Waals surface area (Å²) >= 11 is 5.25. The Labute approximate surface area is 119 Å². The average molecular weight is 319 g/mol. The molecule has 7 heteroatoms. The largest absolute Gasteiger partial charge is 0.276 e. The van der Waals surface area contributed by atoms with Gasteiger partial charge in [0.15, 0.2) is 0 Å². The second-order valence-corrected chi connectivity index (χ2v) is 7.42. The van der Waals surface area contributed by atoms with E-state index in [9.17, 15) is 17.4 Å². The van der Waals surface area contributed by atoms with Gasteiger partial charge in [-0.3, -0.25) is 4.79 Å². The Morgan fingerprint density at radius 3 is 2.58 bits per heavy atom. The SMILES string of the molecule is CC1CC1c1ccc(C(=O)Cl)cc1S(=O)(=O)C=S=O. The topological polar surface area (TPSA) is 68.3 Å². The maximum absolute atomic E-state index is 12.0. The molecule has 0 amide bonds. The second-order valence-electron chi connectivity index (χ2n) is 4.58. The molecule has 1 saturated carbocycles. The van der Waals surface area contributed by atoms with Gasteiger partial charge in [-0.25, -0.2) is 12.6 Å². The van der Waals surface area contributed by atoms with Crippen LogP contribution in [0.15, 0.2) is 23.1 Å². The van der Waals surface area contributed by atoms with E-state index >= 15 is 0 Å². The fourth-order valence-electron chi connectivity index (χ4n) is 2.07. The van der Waals surface area contributed by atoms with Crippen molar-refractivity contribution in [2.45, 2.75) is 24.2 Å². The molecule has 0 aromatic heterocycles. The van der Waals surface area contributed by atoms with Gasteiger partial charge in [-0.2, -0.15) is 0 Å². The molecule has 1 aromatic carbocycles. The summed E-state index contributed by atoms with van der Waals surface area (Å²) in [6, 6.07) is 4.37. The van der Waals surface area contributed by atoms with Crippen molar-refractivity contribution in [2.75, 3.05) is 0 Å². The Morgan fingerprint density at radius 1 is 1.47 bits per heavy atom. The Balaban J connectivity index is 2.63. The number of halogens is 1. The van der Waals surface area contributed by atoms with Crippen LogP contribution in [0.4, 0.5) is 0 Å². The van der Waals surface area contributed by atoms with Crippen LogP contribution < -0.4 is 0 Å². The third-order valence-corrected chi connectivity index (χ3v) is 5.73. The molecule has 1 aromatic rings. The van der Waals surface area contributed by atoms with Crippen molar-refractivity contribution >= 4 is 42.6 Å². The molecule has 0 N–H and O–H groups in total. The summed E-state index contributed by atoms with van der Waals surface area (Å²) in [5.41, 5.74) is 0.765. The van der Waals surface area contributed by atoms with Gasteiger partial charge < -0.3 is 0 Å². The van der Waals surface area contributed by atoms with E-state index in [-0.39, 0.29) is 27.6 Å². The van der Waals surface area contributed by atoms with Gasteiger partial charge in [-0.15, -0.1) is 0 Å². The average Bonchev–Trinajstić information content (AvgIpc) is 3.05. The number of carbonyl (C=O) groups excluding carboxylic acids is 1. The zero-order valence-corrected chi connectivity index (χ0v) is 12.4. The van der Waals surface area contributed by atoms with Crippen molar-refractivity contribution in [1.82, 2.24) is 0 Å². The lowest BCUT2D eigenvalue weighted by Gasteiger charge is -2.08. The van der Waals surface area contributed by atoms with Crippen LogP contribution in [0.1, 0.15) is 35.2 Å². The first-order valence-corrected chi connectivity index (χ1v) is 8.30. The first-order chi connectivity index (χ1) is 8.86. The minimum absolute atomic E-state index is 0.0108. The zero-order valence-electron chi connectivity index (χ0n) is 10.00. The van der Waals surface area contributed by atoms with Gasteiger partial charge >= 0.3 is 0 Å². The monoisotopic (exact) mass is 318 g/mol. The van der Waals surface area contributed by atoms with E-state index in [0.29, 0.717) is 16.2 Å². The van der Waals surface area contributed by atoms with Crippen LogP contribution in [0.2, 0.25) is 0 Å². The molecule has 4 nitrogen and oxygen atoms in total. The summed E-state index contributed by atoms with van der Waals surface area (Å²) in [4.78, 5) is 11.1. The quantitative estimate of drug-likeness (QED) is 0.628. The fraction of sp³-hybridized carbons (Fsp3) is 0.333. The van der Waals surface area contributed by atoms with Gasteiger partial charge in [-0.05, 0) is 47.6 Å².